The van der Waals surface area contributed by atoms with Crippen molar-refractivity contribution in [2.75, 3.05) is 0 Å². The Kier molecular flexibility index (Phi) is 2.78. The molecule has 1 aromatic carbocycles. The van der Waals surface area contributed by atoms with E-state index in [2.05, 4.69) is 32.8 Å². The van der Waals surface area contributed by atoms with Crippen molar-refractivity contribution in [1.82, 2.24) is 10.2 Å². The Balaban J connectivity index is 2.47. The fourth-order valence-electron chi connectivity index (χ4n) is 1.10. The van der Waals surface area contributed by atoms with Crippen molar-refractivity contribution < 1.29 is 4.39 Å². The second kappa shape index (κ2) is 3.90. The molecule has 0 atom stereocenters. The van der Waals surface area contributed by atoms with Gasteiger partial charge in [0.25, 0.3) is 0 Å². The van der Waals surface area contributed by atoms with Crippen LogP contribution < -0.4 is 0 Å². The van der Waals surface area contributed by atoms with Crippen molar-refractivity contribution in [2.24, 2.45) is 0 Å². The van der Waals surface area contributed by atoms with Crippen molar-refractivity contribution in [3.05, 3.63) is 32.6 Å². The normalized spacial score (nSPS) is 10.5. The molecule has 0 unspecified atom stereocenters. The molecule has 72 valence electrons. The van der Waals surface area contributed by atoms with Gasteiger partial charge < -0.3 is 0 Å². The van der Waals surface area contributed by atoms with Gasteiger partial charge >= 0.3 is 0 Å². The number of rotatable bonds is 1. The first-order valence-corrected chi connectivity index (χ1v) is 5.82. The molecule has 0 saturated heterocycles. The van der Waals surface area contributed by atoms with Gasteiger partial charge in [-0.05, 0) is 53.3 Å². The molecule has 0 amide bonds. The second-order valence-corrected chi connectivity index (χ2v) is 5.56. The highest BCUT2D eigenvalue weighted by Gasteiger charge is 2.06. The average molecular weight is 320 g/mol. The molecule has 0 aliphatic rings. The van der Waals surface area contributed by atoms with Gasteiger partial charge in [-0.3, -0.25) is 0 Å². The van der Waals surface area contributed by atoms with Crippen molar-refractivity contribution in [1.29, 1.82) is 0 Å². The van der Waals surface area contributed by atoms with Gasteiger partial charge in [0.1, 0.15) is 10.8 Å². The third-order valence-corrected chi connectivity index (χ3v) is 3.44. The maximum atomic E-state index is 13.0. The van der Waals surface area contributed by atoms with E-state index >= 15 is 0 Å². The molecule has 1 heterocycles. The Morgan fingerprint density at radius 3 is 2.71 bits per heavy atom. The number of aryl methyl sites for hydroxylation is 1. The van der Waals surface area contributed by atoms with Crippen LogP contribution in [-0.4, -0.2) is 10.2 Å². The summed E-state index contributed by atoms with van der Waals surface area (Å²) in [4.78, 5) is 0. The fraction of sp³-hybridized carbons (Fsp3) is 0.111. The Bertz CT molecular complexity index is 470. The van der Waals surface area contributed by atoms with Crippen molar-refractivity contribution in [3.63, 3.8) is 0 Å². The first kappa shape index (κ1) is 9.97. The van der Waals surface area contributed by atoms with Crippen LogP contribution in [0.2, 0.25) is 0 Å². The maximum absolute atomic E-state index is 13.0. The average Bonchev–Trinajstić information content (AvgIpc) is 2.57. The van der Waals surface area contributed by atoms with E-state index in [0.29, 0.717) is 5.56 Å². The van der Waals surface area contributed by atoms with Gasteiger partial charge in [0, 0.05) is 5.56 Å². The smallest absolute Gasteiger partial charge is 0.178 e. The highest BCUT2D eigenvalue weighted by atomic mass is 127. The molecule has 1 aromatic heterocycles. The summed E-state index contributed by atoms with van der Waals surface area (Å²) in [5, 5.41) is 8.73. The zero-order valence-corrected chi connectivity index (χ0v) is 10.3. The minimum atomic E-state index is -0.187. The lowest BCUT2D eigenvalue weighted by atomic mass is 10.1. The van der Waals surface area contributed by atoms with E-state index in [1.807, 2.05) is 0 Å². The molecule has 2 rings (SSSR count). The number of halogens is 2. The van der Waals surface area contributed by atoms with Crippen LogP contribution in [0, 0.1) is 15.8 Å². The van der Waals surface area contributed by atoms with E-state index in [9.17, 15) is 4.39 Å². The van der Waals surface area contributed by atoms with Gasteiger partial charge in [-0.2, -0.15) is 0 Å². The molecule has 0 N–H and O–H groups in total. The monoisotopic (exact) mass is 320 g/mol. The SMILES string of the molecule is Cc1cc(-c2nnc(I)s2)ccc1F. The Hall–Kier alpha value is -0.560. The molecule has 0 aliphatic carbocycles. The Labute approximate surface area is 98.3 Å². The second-order valence-electron chi connectivity index (χ2n) is 2.82. The summed E-state index contributed by atoms with van der Waals surface area (Å²) < 4.78 is 13.9. The maximum Gasteiger partial charge on any atom is 0.178 e. The Morgan fingerprint density at radius 1 is 1.36 bits per heavy atom. The summed E-state index contributed by atoms with van der Waals surface area (Å²) in [5.41, 5.74) is 1.55. The highest BCUT2D eigenvalue weighted by molar-refractivity contribution is 14.1. The highest BCUT2D eigenvalue weighted by Crippen LogP contribution is 2.25. The van der Waals surface area contributed by atoms with Gasteiger partial charge in [-0.15, -0.1) is 10.2 Å². The van der Waals surface area contributed by atoms with E-state index < -0.39 is 0 Å². The number of hydrogen-bond donors (Lipinski definition) is 0. The third kappa shape index (κ3) is 1.93. The summed E-state index contributed by atoms with van der Waals surface area (Å²) >= 11 is 3.61. The van der Waals surface area contributed by atoms with Crippen LogP contribution in [0.15, 0.2) is 18.2 Å². The van der Waals surface area contributed by atoms with Crippen molar-refractivity contribution in [3.8, 4) is 10.6 Å². The zero-order chi connectivity index (χ0) is 10.1. The Morgan fingerprint density at radius 2 is 2.14 bits per heavy atom. The number of hydrogen-bond acceptors (Lipinski definition) is 3. The predicted octanol–water partition coefficient (Wildman–Crippen LogP) is 3.26. The first-order chi connectivity index (χ1) is 6.66. The molecule has 0 radical (unpaired) electrons. The predicted molar refractivity (Wildman–Crippen MR) is 62.8 cm³/mol. The summed E-state index contributed by atoms with van der Waals surface area (Å²) in [7, 11) is 0. The van der Waals surface area contributed by atoms with Crippen LogP contribution >= 0.6 is 33.9 Å². The van der Waals surface area contributed by atoms with Gasteiger partial charge in [-0.1, -0.05) is 11.3 Å². The summed E-state index contributed by atoms with van der Waals surface area (Å²) in [5.74, 6) is -0.187. The topological polar surface area (TPSA) is 25.8 Å². The lowest BCUT2D eigenvalue weighted by Gasteiger charge is -1.98. The number of nitrogens with zero attached hydrogens (tertiary/aromatic N) is 2. The summed E-state index contributed by atoms with van der Waals surface area (Å²) in [6.45, 7) is 1.74. The van der Waals surface area contributed by atoms with Crippen LogP contribution in [0.5, 0.6) is 0 Å². The molecule has 2 aromatic rings. The first-order valence-electron chi connectivity index (χ1n) is 3.92. The number of aromatic nitrogens is 2. The van der Waals surface area contributed by atoms with E-state index in [0.717, 1.165) is 13.6 Å². The van der Waals surface area contributed by atoms with Crippen molar-refractivity contribution in [2.45, 2.75) is 6.92 Å². The lowest BCUT2D eigenvalue weighted by Crippen LogP contribution is -1.83. The fourth-order valence-corrected chi connectivity index (χ4v) is 2.40. The van der Waals surface area contributed by atoms with Gasteiger partial charge in [0.05, 0.1) is 0 Å². The van der Waals surface area contributed by atoms with E-state index in [1.165, 1.54) is 17.4 Å². The molecule has 0 aliphatic heterocycles. The third-order valence-electron chi connectivity index (χ3n) is 1.81. The zero-order valence-electron chi connectivity index (χ0n) is 7.29. The van der Waals surface area contributed by atoms with Crippen molar-refractivity contribution >= 4 is 33.9 Å². The van der Waals surface area contributed by atoms with Crippen LogP contribution in [0.4, 0.5) is 4.39 Å². The minimum absolute atomic E-state index is 0.187. The van der Waals surface area contributed by atoms with Gasteiger partial charge in [0.2, 0.25) is 0 Å². The van der Waals surface area contributed by atoms with Crippen LogP contribution in [0.3, 0.4) is 0 Å². The van der Waals surface area contributed by atoms with Gasteiger partial charge in [-0.25, -0.2) is 4.39 Å². The van der Waals surface area contributed by atoms with E-state index in [-0.39, 0.29) is 5.82 Å². The van der Waals surface area contributed by atoms with E-state index in [1.54, 1.807) is 19.1 Å². The molecule has 5 heteroatoms. The molecule has 0 saturated carbocycles. The van der Waals surface area contributed by atoms with Gasteiger partial charge in [0.15, 0.2) is 3.01 Å². The number of benzene rings is 1. The molecule has 0 fully saturated rings. The molecular weight excluding hydrogens is 314 g/mol. The van der Waals surface area contributed by atoms with Crippen LogP contribution in [-0.2, 0) is 0 Å². The molecular formula is C9H6FIN2S. The van der Waals surface area contributed by atoms with E-state index in [4.69, 9.17) is 0 Å². The summed E-state index contributed by atoms with van der Waals surface area (Å²) in [6.07, 6.45) is 0. The summed E-state index contributed by atoms with van der Waals surface area (Å²) in [6, 6.07) is 4.96. The molecule has 0 bridgehead atoms. The molecule has 14 heavy (non-hydrogen) atoms. The lowest BCUT2D eigenvalue weighted by molar-refractivity contribution is 0.619. The standard InChI is InChI=1S/C9H6FIN2S/c1-5-4-6(2-3-7(5)10)8-12-13-9(11)14-8/h2-4H,1H3. The minimum Gasteiger partial charge on any atom is -0.207 e. The molecule has 0 spiro atoms. The quantitative estimate of drug-likeness (QED) is 0.754. The van der Waals surface area contributed by atoms with Crippen LogP contribution in [0.25, 0.3) is 10.6 Å². The molecule has 2 nitrogen and oxygen atoms in total. The largest absolute Gasteiger partial charge is 0.207 e. The van der Waals surface area contributed by atoms with Crippen LogP contribution in [0.1, 0.15) is 5.56 Å².